The zero-order chi connectivity index (χ0) is 21.4. The minimum Gasteiger partial charge on any atom is -0.403 e. The molecule has 0 unspecified atom stereocenters. The van der Waals surface area contributed by atoms with E-state index in [1.807, 2.05) is 20.8 Å². The maximum atomic E-state index is 13.3. The van der Waals surface area contributed by atoms with Gasteiger partial charge in [0.1, 0.15) is 0 Å². The molecular formula is C21H21BrN2O4S. The molecule has 0 N–H and O–H groups in total. The topological polar surface area (TPSA) is 78.3 Å². The Hall–Kier alpha value is -2.45. The number of ether oxygens (including phenoxy) is 1. The van der Waals surface area contributed by atoms with Crippen molar-refractivity contribution in [2.24, 2.45) is 0 Å². The van der Waals surface area contributed by atoms with Gasteiger partial charge in [0.2, 0.25) is 15.7 Å². The van der Waals surface area contributed by atoms with Gasteiger partial charge in [-0.3, -0.25) is 0 Å². The highest BCUT2D eigenvalue weighted by Crippen LogP contribution is 2.36. The first kappa shape index (κ1) is 21.3. The maximum absolute atomic E-state index is 13.3. The van der Waals surface area contributed by atoms with Crippen molar-refractivity contribution in [1.29, 1.82) is 0 Å². The smallest absolute Gasteiger partial charge is 0.344 e. The number of aryl methyl sites for hydroxylation is 1. The number of nitrogens with zero attached hydrogens (tertiary/aromatic N) is 2. The molecule has 152 valence electrons. The Labute approximate surface area is 178 Å². The molecular weight excluding hydrogens is 456 g/mol. The zero-order valence-electron chi connectivity index (χ0n) is 16.5. The first-order valence-corrected chi connectivity index (χ1v) is 11.2. The predicted molar refractivity (Wildman–Crippen MR) is 113 cm³/mol. The van der Waals surface area contributed by atoms with Crippen molar-refractivity contribution >= 4 is 31.7 Å². The van der Waals surface area contributed by atoms with Gasteiger partial charge in [0, 0.05) is 4.47 Å². The Morgan fingerprint density at radius 3 is 2.31 bits per heavy atom. The standard InChI is InChI=1S/C21H21BrN2O4S/c1-14-18(29(26,27)17-11-6-5-7-12-17)19(24(23-14)21(2,3)4)28-20(25)15-9-8-10-16(22)13-15/h5-13H,1-4H3. The van der Waals surface area contributed by atoms with E-state index in [9.17, 15) is 13.2 Å². The zero-order valence-corrected chi connectivity index (χ0v) is 18.9. The van der Waals surface area contributed by atoms with E-state index in [2.05, 4.69) is 21.0 Å². The second-order valence-corrected chi connectivity index (χ2v) is 10.3. The van der Waals surface area contributed by atoms with E-state index in [-0.39, 0.29) is 21.4 Å². The molecule has 8 heteroatoms. The van der Waals surface area contributed by atoms with Crippen molar-refractivity contribution in [3.05, 3.63) is 70.3 Å². The van der Waals surface area contributed by atoms with Crippen LogP contribution in [0.3, 0.4) is 0 Å². The third kappa shape index (κ3) is 4.28. The molecule has 0 atom stereocenters. The number of esters is 1. The summed E-state index contributed by atoms with van der Waals surface area (Å²) in [5, 5.41) is 4.39. The minimum atomic E-state index is -3.95. The Morgan fingerprint density at radius 2 is 1.72 bits per heavy atom. The van der Waals surface area contributed by atoms with E-state index >= 15 is 0 Å². The SMILES string of the molecule is Cc1nn(C(C)(C)C)c(OC(=O)c2cccc(Br)c2)c1S(=O)(=O)c1ccccc1. The van der Waals surface area contributed by atoms with Crippen LogP contribution < -0.4 is 4.74 Å². The van der Waals surface area contributed by atoms with E-state index in [1.165, 1.54) is 16.8 Å². The molecule has 29 heavy (non-hydrogen) atoms. The van der Waals surface area contributed by atoms with E-state index in [4.69, 9.17) is 4.74 Å². The molecule has 0 radical (unpaired) electrons. The van der Waals surface area contributed by atoms with Gasteiger partial charge in [0.05, 0.1) is 21.7 Å². The van der Waals surface area contributed by atoms with Crippen LogP contribution in [-0.2, 0) is 15.4 Å². The Bertz CT molecular complexity index is 1160. The second-order valence-electron chi connectivity index (χ2n) is 7.52. The summed E-state index contributed by atoms with van der Waals surface area (Å²) < 4.78 is 34.5. The number of rotatable bonds is 4. The molecule has 0 saturated heterocycles. The highest BCUT2D eigenvalue weighted by Gasteiger charge is 2.34. The van der Waals surface area contributed by atoms with E-state index in [0.717, 1.165) is 0 Å². The number of halogens is 1. The van der Waals surface area contributed by atoms with Crippen molar-refractivity contribution in [2.75, 3.05) is 0 Å². The Kier molecular flexibility index (Phi) is 5.69. The lowest BCUT2D eigenvalue weighted by molar-refractivity contribution is 0.0703. The average molecular weight is 477 g/mol. The number of benzene rings is 2. The lowest BCUT2D eigenvalue weighted by atomic mass is 10.1. The van der Waals surface area contributed by atoms with Gasteiger partial charge in [-0.1, -0.05) is 40.2 Å². The Morgan fingerprint density at radius 1 is 1.07 bits per heavy atom. The predicted octanol–water partition coefficient (Wildman–Crippen LogP) is 4.76. The van der Waals surface area contributed by atoms with Crippen molar-refractivity contribution in [2.45, 2.75) is 43.0 Å². The lowest BCUT2D eigenvalue weighted by Crippen LogP contribution is -2.26. The van der Waals surface area contributed by atoms with Crippen LogP contribution in [0, 0.1) is 6.92 Å². The maximum Gasteiger partial charge on any atom is 0.344 e. The van der Waals surface area contributed by atoms with Gasteiger partial charge < -0.3 is 4.74 Å². The molecule has 0 fully saturated rings. The number of carbonyl (C=O) groups excluding carboxylic acids is 1. The van der Waals surface area contributed by atoms with E-state index in [0.29, 0.717) is 10.0 Å². The minimum absolute atomic E-state index is 0.0937. The summed E-state index contributed by atoms with van der Waals surface area (Å²) in [6.07, 6.45) is 0. The largest absolute Gasteiger partial charge is 0.403 e. The lowest BCUT2D eigenvalue weighted by Gasteiger charge is -2.22. The van der Waals surface area contributed by atoms with Crippen LogP contribution in [0.2, 0.25) is 0 Å². The third-order valence-electron chi connectivity index (χ3n) is 4.17. The molecule has 0 aliphatic carbocycles. The summed E-state index contributed by atoms with van der Waals surface area (Å²) >= 11 is 3.32. The van der Waals surface area contributed by atoms with Gasteiger partial charge >= 0.3 is 5.97 Å². The summed E-state index contributed by atoms with van der Waals surface area (Å²) in [6.45, 7) is 7.16. The van der Waals surface area contributed by atoms with Gasteiger partial charge in [-0.05, 0) is 58.0 Å². The van der Waals surface area contributed by atoms with Crippen LogP contribution in [0.25, 0.3) is 0 Å². The third-order valence-corrected chi connectivity index (χ3v) is 6.57. The monoisotopic (exact) mass is 476 g/mol. The van der Waals surface area contributed by atoms with Gasteiger partial charge in [0.15, 0.2) is 4.90 Å². The van der Waals surface area contributed by atoms with Crippen LogP contribution in [0.15, 0.2) is 68.9 Å². The quantitative estimate of drug-likeness (QED) is 0.507. The molecule has 1 aromatic heterocycles. The summed E-state index contributed by atoms with van der Waals surface area (Å²) in [5.41, 5.74) is -0.0511. The van der Waals surface area contributed by atoms with Gasteiger partial charge in [0.25, 0.3) is 0 Å². The molecule has 0 aliphatic heterocycles. The molecule has 2 aromatic carbocycles. The molecule has 1 heterocycles. The summed E-state index contributed by atoms with van der Waals surface area (Å²) in [7, 11) is -3.95. The normalized spacial score (nSPS) is 12.0. The highest BCUT2D eigenvalue weighted by atomic mass is 79.9. The molecule has 0 aliphatic rings. The van der Waals surface area contributed by atoms with Crippen LogP contribution in [0.5, 0.6) is 5.88 Å². The van der Waals surface area contributed by atoms with Crippen molar-refractivity contribution < 1.29 is 17.9 Å². The molecule has 3 aromatic rings. The fraction of sp³-hybridized carbons (Fsp3) is 0.238. The number of aromatic nitrogens is 2. The first-order chi connectivity index (χ1) is 13.5. The van der Waals surface area contributed by atoms with Crippen molar-refractivity contribution in [3.63, 3.8) is 0 Å². The fourth-order valence-electron chi connectivity index (χ4n) is 2.83. The molecule has 0 bridgehead atoms. The molecule has 3 rings (SSSR count). The van der Waals surface area contributed by atoms with Crippen LogP contribution in [0.4, 0.5) is 0 Å². The second kappa shape index (κ2) is 7.76. The molecule has 6 nitrogen and oxygen atoms in total. The van der Waals surface area contributed by atoms with E-state index < -0.39 is 21.3 Å². The average Bonchev–Trinajstić information content (AvgIpc) is 2.99. The molecule has 0 saturated carbocycles. The first-order valence-electron chi connectivity index (χ1n) is 8.90. The molecule has 0 amide bonds. The van der Waals surface area contributed by atoms with Crippen LogP contribution >= 0.6 is 15.9 Å². The Balaban J connectivity index is 2.18. The highest BCUT2D eigenvalue weighted by molar-refractivity contribution is 9.10. The van der Waals surface area contributed by atoms with Crippen molar-refractivity contribution in [3.8, 4) is 5.88 Å². The summed E-state index contributed by atoms with van der Waals surface area (Å²) in [6, 6.07) is 14.7. The number of carbonyl (C=O) groups is 1. The number of sulfone groups is 1. The number of hydrogen-bond donors (Lipinski definition) is 0. The van der Waals surface area contributed by atoms with Crippen molar-refractivity contribution in [1.82, 2.24) is 9.78 Å². The fourth-order valence-corrected chi connectivity index (χ4v) is 4.76. The van der Waals surface area contributed by atoms with Gasteiger partial charge in [-0.15, -0.1) is 0 Å². The van der Waals surface area contributed by atoms with Crippen LogP contribution in [0.1, 0.15) is 36.8 Å². The summed E-state index contributed by atoms with van der Waals surface area (Å²) in [4.78, 5) is 12.8. The van der Waals surface area contributed by atoms with Gasteiger partial charge in [-0.25, -0.2) is 17.9 Å². The summed E-state index contributed by atoms with van der Waals surface area (Å²) in [5.74, 6) is -0.759. The van der Waals surface area contributed by atoms with Crippen LogP contribution in [-0.4, -0.2) is 24.2 Å². The number of hydrogen-bond acceptors (Lipinski definition) is 5. The van der Waals surface area contributed by atoms with E-state index in [1.54, 1.807) is 49.4 Å². The van der Waals surface area contributed by atoms with Gasteiger partial charge in [-0.2, -0.15) is 5.10 Å². The molecule has 0 spiro atoms.